The fraction of sp³-hybridized carbons (Fsp3) is 0.400. The molecule has 0 aliphatic carbocycles. The summed E-state index contributed by atoms with van der Waals surface area (Å²) in [5.41, 5.74) is 5.60. The number of halogens is 1. The minimum atomic E-state index is -1.19. The Hall–Kier alpha value is -0.970. The zero-order valence-electron chi connectivity index (χ0n) is 8.50. The van der Waals surface area contributed by atoms with Crippen molar-refractivity contribution in [2.75, 3.05) is 24.2 Å². The van der Waals surface area contributed by atoms with Crippen LogP contribution in [0.15, 0.2) is 18.2 Å². The number of aliphatic hydroxyl groups excluding tert-OH is 1. The highest BCUT2D eigenvalue weighted by Crippen LogP contribution is 2.28. The van der Waals surface area contributed by atoms with Crippen LogP contribution in [0.2, 0.25) is 5.02 Å². The van der Waals surface area contributed by atoms with Crippen LogP contribution in [-0.4, -0.2) is 29.0 Å². The standard InChI is InChI=1S/C10H15ClN2O2/c1-10(15,6-14)5-13-9-7(11)3-2-4-8(9)12/h2-4,13-15H,5-6,12H2,1H3. The van der Waals surface area contributed by atoms with E-state index >= 15 is 0 Å². The molecule has 0 heterocycles. The van der Waals surface area contributed by atoms with Crippen LogP contribution in [0.1, 0.15) is 6.92 Å². The Labute approximate surface area is 93.7 Å². The molecule has 0 fully saturated rings. The summed E-state index contributed by atoms with van der Waals surface area (Å²) in [7, 11) is 0. The Morgan fingerprint density at radius 3 is 2.73 bits per heavy atom. The number of nitrogen functional groups attached to an aromatic ring is 1. The maximum absolute atomic E-state index is 9.57. The molecule has 0 spiro atoms. The Balaban J connectivity index is 2.73. The minimum Gasteiger partial charge on any atom is -0.397 e. The predicted molar refractivity (Wildman–Crippen MR) is 62.1 cm³/mol. The number of hydrogen-bond donors (Lipinski definition) is 4. The van der Waals surface area contributed by atoms with Crippen molar-refractivity contribution < 1.29 is 10.2 Å². The third-order valence-electron chi connectivity index (χ3n) is 2.03. The predicted octanol–water partition coefficient (Wildman–Crippen LogP) is 1.08. The van der Waals surface area contributed by atoms with E-state index in [2.05, 4.69) is 5.32 Å². The summed E-state index contributed by atoms with van der Waals surface area (Å²) >= 11 is 5.91. The first kappa shape index (κ1) is 12.1. The quantitative estimate of drug-likeness (QED) is 0.584. The van der Waals surface area contributed by atoms with E-state index in [1.165, 1.54) is 6.92 Å². The van der Waals surface area contributed by atoms with Gasteiger partial charge in [-0.1, -0.05) is 17.7 Å². The summed E-state index contributed by atoms with van der Waals surface area (Å²) < 4.78 is 0. The molecule has 0 amide bonds. The Morgan fingerprint density at radius 2 is 2.20 bits per heavy atom. The van der Waals surface area contributed by atoms with Crippen LogP contribution in [0.5, 0.6) is 0 Å². The van der Waals surface area contributed by atoms with Crippen LogP contribution in [0.25, 0.3) is 0 Å². The second-order valence-electron chi connectivity index (χ2n) is 3.71. The topological polar surface area (TPSA) is 78.5 Å². The van der Waals surface area contributed by atoms with Crippen molar-refractivity contribution in [3.05, 3.63) is 23.2 Å². The van der Waals surface area contributed by atoms with Crippen LogP contribution >= 0.6 is 11.6 Å². The lowest BCUT2D eigenvalue weighted by atomic mass is 10.1. The molecule has 0 radical (unpaired) electrons. The molecule has 5 N–H and O–H groups in total. The van der Waals surface area contributed by atoms with Crippen LogP contribution in [-0.2, 0) is 0 Å². The van der Waals surface area contributed by atoms with Gasteiger partial charge in [0.15, 0.2) is 0 Å². The van der Waals surface area contributed by atoms with Gasteiger partial charge in [-0.25, -0.2) is 0 Å². The highest BCUT2D eigenvalue weighted by Gasteiger charge is 2.19. The summed E-state index contributed by atoms with van der Waals surface area (Å²) in [6, 6.07) is 5.16. The minimum absolute atomic E-state index is 0.178. The summed E-state index contributed by atoms with van der Waals surface area (Å²) in [6.45, 7) is 1.37. The van der Waals surface area contributed by atoms with Gasteiger partial charge in [0.05, 0.1) is 23.0 Å². The van der Waals surface area contributed by atoms with E-state index < -0.39 is 5.60 Å². The third kappa shape index (κ3) is 3.27. The second kappa shape index (κ2) is 4.70. The normalized spacial score (nSPS) is 14.7. The number of anilines is 2. The molecule has 84 valence electrons. The number of para-hydroxylation sites is 1. The molecule has 4 nitrogen and oxygen atoms in total. The lowest BCUT2D eigenvalue weighted by Crippen LogP contribution is -2.37. The van der Waals surface area contributed by atoms with E-state index in [1.54, 1.807) is 18.2 Å². The summed E-state index contributed by atoms with van der Waals surface area (Å²) in [4.78, 5) is 0. The molecule has 5 heteroatoms. The van der Waals surface area contributed by atoms with E-state index in [9.17, 15) is 5.11 Å². The molecule has 0 saturated heterocycles. The monoisotopic (exact) mass is 230 g/mol. The summed E-state index contributed by atoms with van der Waals surface area (Å²) in [6.07, 6.45) is 0. The van der Waals surface area contributed by atoms with Crippen LogP contribution in [0.4, 0.5) is 11.4 Å². The summed E-state index contributed by atoms with van der Waals surface area (Å²) in [5.74, 6) is 0. The van der Waals surface area contributed by atoms with Crippen molar-refractivity contribution in [2.45, 2.75) is 12.5 Å². The molecule has 1 aromatic carbocycles. The maximum atomic E-state index is 9.57. The van der Waals surface area contributed by atoms with Crippen molar-refractivity contribution in [3.8, 4) is 0 Å². The van der Waals surface area contributed by atoms with Crippen molar-refractivity contribution in [1.82, 2.24) is 0 Å². The van der Waals surface area contributed by atoms with Gasteiger partial charge in [0.25, 0.3) is 0 Å². The number of nitrogens with one attached hydrogen (secondary N) is 1. The van der Waals surface area contributed by atoms with Gasteiger partial charge < -0.3 is 21.3 Å². The molecule has 0 bridgehead atoms. The number of benzene rings is 1. The zero-order valence-corrected chi connectivity index (χ0v) is 9.25. The maximum Gasteiger partial charge on any atom is 0.102 e. The first-order valence-corrected chi connectivity index (χ1v) is 4.95. The SMILES string of the molecule is CC(O)(CO)CNc1c(N)cccc1Cl. The van der Waals surface area contributed by atoms with Gasteiger partial charge >= 0.3 is 0 Å². The molecule has 1 rings (SSSR count). The molecule has 1 atom stereocenters. The van der Waals surface area contributed by atoms with Gasteiger partial charge in [0.2, 0.25) is 0 Å². The highest BCUT2D eigenvalue weighted by molar-refractivity contribution is 6.33. The van der Waals surface area contributed by atoms with Gasteiger partial charge in [0.1, 0.15) is 5.60 Å². The Kier molecular flexibility index (Phi) is 3.79. The lowest BCUT2D eigenvalue weighted by molar-refractivity contribution is 0.0132. The molecular weight excluding hydrogens is 216 g/mol. The average molecular weight is 231 g/mol. The fourth-order valence-electron chi connectivity index (χ4n) is 1.06. The molecule has 1 unspecified atom stereocenters. The first-order valence-electron chi connectivity index (χ1n) is 4.57. The molecule has 1 aromatic rings. The van der Waals surface area contributed by atoms with Gasteiger partial charge in [-0.3, -0.25) is 0 Å². The number of hydrogen-bond acceptors (Lipinski definition) is 4. The highest BCUT2D eigenvalue weighted by atomic mass is 35.5. The number of aliphatic hydroxyl groups is 2. The van der Waals surface area contributed by atoms with Crippen LogP contribution in [0, 0.1) is 0 Å². The van der Waals surface area contributed by atoms with E-state index in [4.69, 9.17) is 22.4 Å². The molecule has 0 saturated carbocycles. The van der Waals surface area contributed by atoms with Crippen molar-refractivity contribution in [2.24, 2.45) is 0 Å². The third-order valence-corrected chi connectivity index (χ3v) is 2.35. The van der Waals surface area contributed by atoms with E-state index in [0.717, 1.165) is 0 Å². The zero-order chi connectivity index (χ0) is 11.5. The van der Waals surface area contributed by atoms with Gasteiger partial charge in [0, 0.05) is 6.54 Å². The largest absolute Gasteiger partial charge is 0.397 e. The van der Waals surface area contributed by atoms with E-state index in [0.29, 0.717) is 16.4 Å². The Bertz CT molecular complexity index is 322. The smallest absolute Gasteiger partial charge is 0.102 e. The molecule has 0 aromatic heterocycles. The van der Waals surface area contributed by atoms with Gasteiger partial charge in [-0.05, 0) is 19.1 Å². The molecule has 0 aliphatic heterocycles. The van der Waals surface area contributed by atoms with Gasteiger partial charge in [-0.15, -0.1) is 0 Å². The van der Waals surface area contributed by atoms with Crippen LogP contribution in [0.3, 0.4) is 0 Å². The molecule has 0 aliphatic rings. The summed E-state index contributed by atoms with van der Waals surface area (Å²) in [5, 5.41) is 21.8. The van der Waals surface area contributed by atoms with Crippen molar-refractivity contribution >= 4 is 23.0 Å². The molecular formula is C10H15ClN2O2. The number of nitrogens with two attached hydrogens (primary N) is 1. The van der Waals surface area contributed by atoms with Gasteiger partial charge in [-0.2, -0.15) is 0 Å². The Morgan fingerprint density at radius 1 is 1.53 bits per heavy atom. The number of rotatable bonds is 4. The first-order chi connectivity index (χ1) is 6.96. The fourth-order valence-corrected chi connectivity index (χ4v) is 1.31. The van der Waals surface area contributed by atoms with E-state index in [1.807, 2.05) is 0 Å². The second-order valence-corrected chi connectivity index (χ2v) is 4.12. The lowest BCUT2D eigenvalue weighted by Gasteiger charge is -2.22. The van der Waals surface area contributed by atoms with Crippen molar-refractivity contribution in [1.29, 1.82) is 0 Å². The van der Waals surface area contributed by atoms with Crippen LogP contribution < -0.4 is 11.1 Å². The average Bonchev–Trinajstić information content (AvgIpc) is 2.17. The molecule has 15 heavy (non-hydrogen) atoms. The van der Waals surface area contributed by atoms with Crippen molar-refractivity contribution in [3.63, 3.8) is 0 Å². The van der Waals surface area contributed by atoms with E-state index in [-0.39, 0.29) is 13.2 Å².